The number of allylic oxidation sites excluding steroid dienone is 1. The molecule has 1 spiro atoms. The summed E-state index contributed by atoms with van der Waals surface area (Å²) in [6, 6.07) is 3.75. The third-order valence-corrected chi connectivity index (χ3v) is 14.9. The number of carbonyl (C=O) groups is 4. The van der Waals surface area contributed by atoms with Crippen molar-refractivity contribution in [1.29, 1.82) is 0 Å². The third-order valence-electron chi connectivity index (χ3n) is 12.7. The minimum Gasteiger partial charge on any atom is -0.497 e. The summed E-state index contributed by atoms with van der Waals surface area (Å²) >= 11 is 0. The number of ether oxygens (including phenoxy) is 3. The number of alkyl carbamates (subject to hydrolysis) is 1. The summed E-state index contributed by atoms with van der Waals surface area (Å²) in [4.78, 5) is 63.4. The molecular formula is C42H55N5O9S. The van der Waals surface area contributed by atoms with E-state index >= 15 is 0 Å². The predicted molar refractivity (Wildman–Crippen MR) is 211 cm³/mol. The molecule has 0 radical (unpaired) electrons. The number of carbonyl (C=O) groups excluding carboxylic acids is 4. The van der Waals surface area contributed by atoms with Gasteiger partial charge in [0.05, 0.1) is 29.6 Å². The summed E-state index contributed by atoms with van der Waals surface area (Å²) < 4.78 is 46.0. The van der Waals surface area contributed by atoms with Gasteiger partial charge < -0.3 is 29.7 Å². The first kappa shape index (κ1) is 39.4. The van der Waals surface area contributed by atoms with Crippen LogP contribution >= 0.6 is 0 Å². The number of nitrogens with one attached hydrogen (secondary N) is 3. The molecule has 1 saturated heterocycles. The fourth-order valence-electron chi connectivity index (χ4n) is 8.74. The molecule has 3 N–H and O–H groups in total. The van der Waals surface area contributed by atoms with Crippen LogP contribution in [0.2, 0.25) is 0 Å². The first-order valence-corrected chi connectivity index (χ1v) is 22.0. The van der Waals surface area contributed by atoms with Crippen LogP contribution in [0, 0.1) is 5.92 Å². The molecule has 4 fully saturated rings. The zero-order chi connectivity index (χ0) is 40.5. The van der Waals surface area contributed by atoms with E-state index in [9.17, 15) is 27.6 Å². The second kappa shape index (κ2) is 14.2. The molecule has 1 aromatic heterocycles. The average Bonchev–Trinajstić information content (AvgIpc) is 4.08. The highest BCUT2D eigenvalue weighted by Gasteiger charge is 2.64. The van der Waals surface area contributed by atoms with Crippen LogP contribution in [0.25, 0.3) is 10.9 Å². The van der Waals surface area contributed by atoms with Crippen LogP contribution in [0.4, 0.5) is 4.79 Å². The third kappa shape index (κ3) is 7.68. The van der Waals surface area contributed by atoms with Gasteiger partial charge in [-0.05, 0) is 110 Å². The van der Waals surface area contributed by atoms with Gasteiger partial charge in [-0.3, -0.25) is 19.1 Å². The van der Waals surface area contributed by atoms with E-state index in [0.29, 0.717) is 56.4 Å². The van der Waals surface area contributed by atoms with E-state index in [0.717, 1.165) is 47.8 Å². The quantitative estimate of drug-likeness (QED) is 0.334. The molecule has 4 heterocycles. The Morgan fingerprint density at radius 1 is 1.05 bits per heavy atom. The summed E-state index contributed by atoms with van der Waals surface area (Å²) in [5, 5.41) is 6.72. The standard InChI is InChI=1S/C42H55N5O9S/c1-39(2,3)56-38(51)44-31-12-10-8-6-7-9-11-26-22-42(26,37(50)46-57(52,53)40(4)19-20-40)45-35(48)32-23-41(24-47(32)36(31)49)18-17-28-29-21-27(54-5)15-16-30(29)43-33(25-13-14-25)34(28)55-41/h9,11,15-16,21,25-26,31-32H,6-8,10,12-14,17-20,22-24H2,1-5H3,(H,44,51)(H,45,48)(H,46,50)/b11-9-/t26?,31-,32?,41+,42?/m0/s1. The molecule has 1 aromatic carbocycles. The van der Waals surface area contributed by atoms with Gasteiger partial charge in [0.15, 0.2) is 0 Å². The van der Waals surface area contributed by atoms with Gasteiger partial charge in [-0.15, -0.1) is 0 Å². The molecule has 5 atom stereocenters. The van der Waals surface area contributed by atoms with Crippen molar-refractivity contribution < 1.29 is 41.8 Å². The van der Waals surface area contributed by atoms with Gasteiger partial charge in [-0.1, -0.05) is 25.0 Å². The summed E-state index contributed by atoms with van der Waals surface area (Å²) in [6.45, 7) is 6.91. The normalized spacial score (nSPS) is 30.3. The maximum atomic E-state index is 14.8. The number of methoxy groups -OCH3 is 1. The maximum absolute atomic E-state index is 14.8. The van der Waals surface area contributed by atoms with Crippen molar-refractivity contribution in [3.63, 3.8) is 0 Å². The summed E-state index contributed by atoms with van der Waals surface area (Å²) in [5.74, 6) is -0.593. The average molecular weight is 806 g/mol. The fraction of sp³-hybridized carbons (Fsp3) is 0.643. The Hall–Kier alpha value is -4.40. The number of aryl methyl sites for hydroxylation is 1. The second-order valence-corrected chi connectivity index (χ2v) is 20.6. The van der Waals surface area contributed by atoms with Crippen LogP contribution < -0.4 is 24.8 Å². The first-order chi connectivity index (χ1) is 27.0. The van der Waals surface area contributed by atoms with Gasteiger partial charge in [0.2, 0.25) is 21.8 Å². The highest BCUT2D eigenvalue weighted by atomic mass is 32.2. The molecule has 2 aromatic rings. The van der Waals surface area contributed by atoms with Crippen LogP contribution in [0.15, 0.2) is 30.4 Å². The minimum atomic E-state index is -3.99. The maximum Gasteiger partial charge on any atom is 0.408 e. The number of hydrogen-bond acceptors (Lipinski definition) is 10. The molecule has 3 aliphatic heterocycles. The highest BCUT2D eigenvalue weighted by molar-refractivity contribution is 7.91. The molecule has 0 bridgehead atoms. The Labute approximate surface area is 334 Å². The van der Waals surface area contributed by atoms with Crippen LogP contribution in [0.3, 0.4) is 0 Å². The lowest BCUT2D eigenvalue weighted by Crippen LogP contribution is -2.58. The van der Waals surface area contributed by atoms with Crippen molar-refractivity contribution in [2.45, 2.75) is 151 Å². The van der Waals surface area contributed by atoms with Crippen molar-refractivity contribution in [3.05, 3.63) is 41.6 Å². The Bertz CT molecular complexity index is 2140. The lowest BCUT2D eigenvalue weighted by atomic mass is 9.86. The number of nitrogens with zero attached hydrogens (tertiary/aromatic N) is 2. The summed E-state index contributed by atoms with van der Waals surface area (Å²) in [5.41, 5.74) is -0.539. The summed E-state index contributed by atoms with van der Waals surface area (Å²) in [7, 11) is -2.37. The van der Waals surface area contributed by atoms with E-state index in [1.165, 1.54) is 4.90 Å². The lowest BCUT2D eigenvalue weighted by molar-refractivity contribution is -0.141. The van der Waals surface area contributed by atoms with E-state index < -0.39 is 73.3 Å². The number of benzene rings is 1. The van der Waals surface area contributed by atoms with Crippen molar-refractivity contribution in [2.75, 3.05) is 13.7 Å². The van der Waals surface area contributed by atoms with Crippen LogP contribution in [-0.4, -0.2) is 89.3 Å². The van der Waals surface area contributed by atoms with Gasteiger partial charge in [-0.2, -0.15) is 0 Å². The lowest BCUT2D eigenvalue weighted by Gasteiger charge is -2.37. The van der Waals surface area contributed by atoms with Crippen LogP contribution in [0.5, 0.6) is 11.5 Å². The Morgan fingerprint density at radius 2 is 1.82 bits per heavy atom. The number of sulfonamides is 1. The second-order valence-electron chi connectivity index (χ2n) is 18.4. The molecular weight excluding hydrogens is 751 g/mol. The zero-order valence-electron chi connectivity index (χ0n) is 33.6. The number of amides is 4. The van der Waals surface area contributed by atoms with Gasteiger partial charge in [-0.25, -0.2) is 18.2 Å². The Morgan fingerprint density at radius 3 is 2.53 bits per heavy atom. The largest absolute Gasteiger partial charge is 0.497 e. The van der Waals surface area contributed by atoms with E-state index in [2.05, 4.69) is 15.4 Å². The van der Waals surface area contributed by atoms with E-state index in [1.807, 2.05) is 30.4 Å². The van der Waals surface area contributed by atoms with Crippen molar-refractivity contribution >= 4 is 44.7 Å². The Kier molecular flexibility index (Phi) is 9.79. The number of rotatable bonds is 6. The van der Waals surface area contributed by atoms with E-state index in [4.69, 9.17) is 19.2 Å². The SMILES string of the molecule is COc1ccc2nc(C3CC3)c3c(c2c1)CC[C@]1(CC2C(=O)NC4(C(=O)NS(=O)(=O)C5(C)CC5)CC4/C=C\CCCCC[C@H](NC(=O)OC(C)(C)C)C(=O)N2C1)O3. The van der Waals surface area contributed by atoms with E-state index in [1.54, 1.807) is 34.8 Å². The van der Waals surface area contributed by atoms with Crippen molar-refractivity contribution in [2.24, 2.45) is 5.92 Å². The van der Waals surface area contributed by atoms with Crippen LogP contribution in [-0.2, 0) is 35.6 Å². The molecule has 15 heteroatoms. The molecule has 3 aliphatic carbocycles. The summed E-state index contributed by atoms with van der Waals surface area (Å²) in [6.07, 6.45) is 10.7. The number of hydrogen-bond donors (Lipinski definition) is 3. The topological polar surface area (TPSA) is 182 Å². The molecule has 6 aliphatic rings. The molecule has 57 heavy (non-hydrogen) atoms. The molecule has 308 valence electrons. The van der Waals surface area contributed by atoms with Gasteiger partial charge in [0.25, 0.3) is 5.91 Å². The molecule has 3 saturated carbocycles. The molecule has 3 unspecified atom stereocenters. The smallest absolute Gasteiger partial charge is 0.408 e. The van der Waals surface area contributed by atoms with Crippen LogP contribution in [0.1, 0.15) is 122 Å². The van der Waals surface area contributed by atoms with Gasteiger partial charge >= 0.3 is 6.09 Å². The number of pyridine rings is 1. The monoisotopic (exact) mass is 805 g/mol. The van der Waals surface area contributed by atoms with Gasteiger partial charge in [0, 0.05) is 29.2 Å². The number of fused-ring (bicyclic) bond motifs is 5. The molecule has 14 nitrogen and oxygen atoms in total. The molecule has 4 amide bonds. The van der Waals surface area contributed by atoms with Crippen molar-refractivity contribution in [1.82, 2.24) is 25.2 Å². The highest BCUT2D eigenvalue weighted by Crippen LogP contribution is 2.52. The van der Waals surface area contributed by atoms with Crippen molar-refractivity contribution in [3.8, 4) is 11.5 Å². The molecule has 8 rings (SSSR count). The van der Waals surface area contributed by atoms with E-state index in [-0.39, 0.29) is 25.3 Å². The first-order valence-electron chi connectivity index (χ1n) is 20.5. The Balaban J connectivity index is 1.15. The predicted octanol–water partition coefficient (Wildman–Crippen LogP) is 5.07. The van der Waals surface area contributed by atoms with Gasteiger partial charge in [0.1, 0.15) is 40.3 Å². The minimum absolute atomic E-state index is 0.0609. The number of aromatic nitrogens is 1. The zero-order valence-corrected chi connectivity index (χ0v) is 34.4. The fourth-order valence-corrected chi connectivity index (χ4v) is 10.1.